The SMILES string of the molecule is C=C(C)C(=O)OCCCOc1ccc(/C(C#N)=C/c2cc3sc(N=Nc4ccc(N(CC)CC)cc4)nc3s2)cc1. The molecule has 0 unspecified atom stereocenters. The fraction of sp³-hybridized carbons (Fsp3) is 0.258. The summed E-state index contributed by atoms with van der Waals surface area (Å²) in [4.78, 5) is 20.1. The molecule has 210 valence electrons. The second-order valence-corrected chi connectivity index (χ2v) is 11.1. The van der Waals surface area contributed by atoms with Gasteiger partial charge in [0.2, 0.25) is 5.13 Å². The van der Waals surface area contributed by atoms with Gasteiger partial charge in [0, 0.05) is 35.6 Å². The van der Waals surface area contributed by atoms with Crippen molar-refractivity contribution in [3.05, 3.63) is 77.2 Å². The molecular weight excluding hydrogens is 555 g/mol. The van der Waals surface area contributed by atoms with Crippen LogP contribution in [0.3, 0.4) is 0 Å². The van der Waals surface area contributed by atoms with Crippen LogP contribution in [0.4, 0.5) is 16.5 Å². The van der Waals surface area contributed by atoms with Crippen molar-refractivity contribution in [1.82, 2.24) is 4.98 Å². The van der Waals surface area contributed by atoms with E-state index in [1.165, 1.54) is 28.4 Å². The minimum absolute atomic E-state index is 0.271. The number of carbonyl (C=O) groups excluding carboxylic acids is 1. The highest BCUT2D eigenvalue weighted by molar-refractivity contribution is 7.29. The van der Waals surface area contributed by atoms with Crippen molar-refractivity contribution >= 4 is 66.3 Å². The predicted octanol–water partition coefficient (Wildman–Crippen LogP) is 8.57. The maximum absolute atomic E-state index is 11.4. The molecule has 0 aliphatic heterocycles. The van der Waals surface area contributed by atoms with E-state index in [1.807, 2.05) is 48.5 Å². The van der Waals surface area contributed by atoms with Gasteiger partial charge in [-0.25, -0.2) is 9.78 Å². The summed E-state index contributed by atoms with van der Waals surface area (Å²) >= 11 is 2.98. The molecule has 4 rings (SSSR count). The fourth-order valence-electron chi connectivity index (χ4n) is 3.86. The van der Waals surface area contributed by atoms with Crippen LogP contribution >= 0.6 is 22.7 Å². The molecule has 0 atom stereocenters. The van der Waals surface area contributed by atoms with E-state index in [9.17, 15) is 10.1 Å². The quantitative estimate of drug-likeness (QED) is 0.0512. The van der Waals surface area contributed by atoms with Crippen molar-refractivity contribution in [2.24, 2.45) is 10.2 Å². The Labute approximate surface area is 247 Å². The molecule has 0 aliphatic rings. The Morgan fingerprint density at radius 2 is 1.80 bits per heavy atom. The molecule has 2 aromatic carbocycles. The normalized spacial score (nSPS) is 11.5. The predicted molar refractivity (Wildman–Crippen MR) is 167 cm³/mol. The van der Waals surface area contributed by atoms with Crippen molar-refractivity contribution in [3.8, 4) is 11.8 Å². The van der Waals surface area contributed by atoms with Crippen LogP contribution in [-0.4, -0.2) is 37.3 Å². The standard InChI is InChI=1S/C31H31N5O3S2/c1-5-36(6-2)25-12-10-24(11-13-25)34-35-31-33-29-28(41-31)19-27(40-29)18-23(20-32)22-8-14-26(15-9-22)38-16-7-17-39-30(37)21(3)4/h8-15,18-19H,3,5-7,16-17H2,1-2,4H3/b23-18+,35-34?. The molecule has 0 N–H and O–H groups in total. The lowest BCUT2D eigenvalue weighted by atomic mass is 10.1. The van der Waals surface area contributed by atoms with Crippen LogP contribution in [0.15, 0.2) is 77.0 Å². The van der Waals surface area contributed by atoms with E-state index < -0.39 is 5.97 Å². The first kappa shape index (κ1) is 29.6. The number of aromatic nitrogens is 1. The Morgan fingerprint density at radius 3 is 2.44 bits per heavy atom. The van der Waals surface area contributed by atoms with Crippen molar-refractivity contribution < 1.29 is 14.3 Å². The minimum Gasteiger partial charge on any atom is -0.493 e. The smallest absolute Gasteiger partial charge is 0.333 e. The molecule has 0 bridgehead atoms. The number of hydrogen-bond acceptors (Lipinski definition) is 10. The number of hydrogen-bond donors (Lipinski definition) is 0. The number of benzene rings is 2. The third kappa shape index (κ3) is 8.10. The zero-order valence-electron chi connectivity index (χ0n) is 23.3. The largest absolute Gasteiger partial charge is 0.493 e. The average Bonchev–Trinajstić information content (AvgIpc) is 3.54. The van der Waals surface area contributed by atoms with Gasteiger partial charge < -0.3 is 14.4 Å². The zero-order chi connectivity index (χ0) is 29.2. The van der Waals surface area contributed by atoms with Gasteiger partial charge in [-0.05, 0) is 87.0 Å². The first-order valence-electron chi connectivity index (χ1n) is 13.2. The zero-order valence-corrected chi connectivity index (χ0v) is 24.9. The van der Waals surface area contributed by atoms with E-state index in [-0.39, 0.29) is 6.61 Å². The maximum atomic E-state index is 11.4. The third-order valence-corrected chi connectivity index (χ3v) is 8.03. The highest BCUT2D eigenvalue weighted by Crippen LogP contribution is 2.36. The molecule has 0 radical (unpaired) electrons. The summed E-state index contributed by atoms with van der Waals surface area (Å²) in [7, 11) is 0. The van der Waals surface area contributed by atoms with Crippen LogP contribution < -0.4 is 9.64 Å². The number of thiazole rings is 1. The number of rotatable bonds is 13. The van der Waals surface area contributed by atoms with Crippen LogP contribution in [0.1, 0.15) is 37.6 Å². The van der Waals surface area contributed by atoms with Crippen LogP contribution in [0, 0.1) is 11.3 Å². The van der Waals surface area contributed by atoms with E-state index in [0.717, 1.165) is 38.7 Å². The lowest BCUT2D eigenvalue weighted by molar-refractivity contribution is -0.139. The summed E-state index contributed by atoms with van der Waals surface area (Å²) in [6.45, 7) is 12.0. The Hall–Kier alpha value is -4.33. The number of nitriles is 1. The van der Waals surface area contributed by atoms with Gasteiger partial charge in [-0.1, -0.05) is 17.9 Å². The topological polar surface area (TPSA) is 100 Å². The molecule has 2 aromatic heterocycles. The molecule has 8 nitrogen and oxygen atoms in total. The molecular formula is C31H31N5O3S2. The summed E-state index contributed by atoms with van der Waals surface area (Å²) in [6, 6.07) is 19.7. The fourth-order valence-corrected chi connectivity index (χ4v) is 5.85. The second kappa shape index (κ2) is 14.3. The first-order chi connectivity index (χ1) is 19.9. The summed E-state index contributed by atoms with van der Waals surface area (Å²) in [5.74, 6) is 0.282. The second-order valence-electron chi connectivity index (χ2n) is 9.02. The van der Waals surface area contributed by atoms with E-state index in [0.29, 0.717) is 35.1 Å². The maximum Gasteiger partial charge on any atom is 0.333 e. The molecule has 0 saturated heterocycles. The van der Waals surface area contributed by atoms with Crippen LogP contribution in [0.2, 0.25) is 0 Å². The van der Waals surface area contributed by atoms with Gasteiger partial charge in [0.05, 0.1) is 35.2 Å². The number of fused-ring (bicyclic) bond motifs is 1. The summed E-state index contributed by atoms with van der Waals surface area (Å²) in [5, 5.41) is 19.1. The molecule has 2 heterocycles. The minimum atomic E-state index is -0.398. The first-order valence-corrected chi connectivity index (χ1v) is 14.9. The van der Waals surface area contributed by atoms with Crippen LogP contribution in [0.25, 0.3) is 21.2 Å². The Kier molecular flexibility index (Phi) is 10.4. The van der Waals surface area contributed by atoms with Gasteiger partial charge in [-0.15, -0.1) is 21.6 Å². The molecule has 0 saturated carbocycles. The number of allylic oxidation sites excluding steroid dienone is 1. The lowest BCUT2D eigenvalue weighted by Gasteiger charge is -2.20. The highest BCUT2D eigenvalue weighted by atomic mass is 32.1. The summed E-state index contributed by atoms with van der Waals surface area (Å²) < 4.78 is 11.8. The van der Waals surface area contributed by atoms with Crippen molar-refractivity contribution in [2.75, 3.05) is 31.2 Å². The number of anilines is 1. The van der Waals surface area contributed by atoms with E-state index in [1.54, 1.807) is 6.92 Å². The van der Waals surface area contributed by atoms with Gasteiger partial charge in [0.25, 0.3) is 0 Å². The number of esters is 1. The molecule has 0 aliphatic carbocycles. The van der Waals surface area contributed by atoms with Gasteiger partial charge >= 0.3 is 5.97 Å². The molecule has 0 spiro atoms. The number of carbonyl (C=O) groups is 1. The van der Waals surface area contributed by atoms with Crippen LogP contribution in [0.5, 0.6) is 5.75 Å². The van der Waals surface area contributed by atoms with E-state index in [2.05, 4.69) is 58.7 Å². The van der Waals surface area contributed by atoms with Crippen LogP contribution in [-0.2, 0) is 9.53 Å². The van der Waals surface area contributed by atoms with E-state index >= 15 is 0 Å². The number of thiophene rings is 1. The van der Waals surface area contributed by atoms with Gasteiger partial charge in [0.15, 0.2) is 0 Å². The monoisotopic (exact) mass is 585 g/mol. The number of azo groups is 1. The van der Waals surface area contributed by atoms with Gasteiger partial charge in [-0.3, -0.25) is 0 Å². The van der Waals surface area contributed by atoms with Crippen molar-refractivity contribution in [2.45, 2.75) is 27.2 Å². The molecule has 10 heteroatoms. The molecule has 0 fully saturated rings. The van der Waals surface area contributed by atoms with Crippen molar-refractivity contribution in [1.29, 1.82) is 5.26 Å². The molecule has 0 amide bonds. The van der Waals surface area contributed by atoms with Crippen molar-refractivity contribution in [3.63, 3.8) is 0 Å². The van der Waals surface area contributed by atoms with Gasteiger partial charge in [0.1, 0.15) is 10.6 Å². The summed E-state index contributed by atoms with van der Waals surface area (Å²) in [6.07, 6.45) is 2.43. The molecule has 4 aromatic rings. The lowest BCUT2D eigenvalue weighted by Crippen LogP contribution is -2.21. The third-order valence-electron chi connectivity index (χ3n) is 6.04. The van der Waals surface area contributed by atoms with Gasteiger partial charge in [-0.2, -0.15) is 5.26 Å². The Balaban J connectivity index is 1.35. The molecule has 41 heavy (non-hydrogen) atoms. The number of ether oxygens (including phenoxy) is 2. The summed E-state index contributed by atoms with van der Waals surface area (Å²) in [5.41, 5.74) is 3.66. The highest BCUT2D eigenvalue weighted by Gasteiger charge is 2.10. The number of nitrogens with zero attached hydrogens (tertiary/aromatic N) is 5. The van der Waals surface area contributed by atoms with E-state index in [4.69, 9.17) is 9.47 Å². The Morgan fingerprint density at radius 1 is 1.07 bits per heavy atom. The average molecular weight is 586 g/mol. The Bertz CT molecular complexity index is 1560.